The highest BCUT2D eigenvalue weighted by Crippen LogP contribution is 2.40. The van der Waals surface area contributed by atoms with E-state index < -0.39 is 5.91 Å². The van der Waals surface area contributed by atoms with Gasteiger partial charge in [0.15, 0.2) is 5.78 Å². The van der Waals surface area contributed by atoms with E-state index in [9.17, 15) is 9.59 Å². The van der Waals surface area contributed by atoms with Gasteiger partial charge in [0.2, 0.25) is 5.91 Å². The van der Waals surface area contributed by atoms with Gasteiger partial charge in [0.1, 0.15) is 5.69 Å². The fourth-order valence-corrected chi connectivity index (χ4v) is 4.36. The van der Waals surface area contributed by atoms with Crippen LogP contribution in [-0.4, -0.2) is 21.7 Å². The van der Waals surface area contributed by atoms with Crippen LogP contribution in [0, 0.1) is 13.8 Å². The first kappa shape index (κ1) is 21.7. The van der Waals surface area contributed by atoms with Crippen molar-refractivity contribution in [1.29, 1.82) is 0 Å². The molecular weight excluding hydrogens is 422 g/mol. The summed E-state index contributed by atoms with van der Waals surface area (Å²) in [6.45, 7) is 4.09. The molecule has 0 saturated heterocycles. The third kappa shape index (κ3) is 4.12. The van der Waals surface area contributed by atoms with Gasteiger partial charge in [-0.15, -0.1) is 0 Å². The first-order valence-corrected chi connectivity index (χ1v) is 10.7. The number of carbonyl (C=O) groups is 2. The molecule has 2 aromatic carbocycles. The largest absolute Gasteiger partial charge is 0.370 e. The van der Waals surface area contributed by atoms with Crippen LogP contribution in [0.4, 0.5) is 0 Å². The van der Waals surface area contributed by atoms with Crippen molar-refractivity contribution in [3.05, 3.63) is 82.8 Å². The number of rotatable bonds is 6. The van der Waals surface area contributed by atoms with E-state index in [2.05, 4.69) is 16.9 Å². The van der Waals surface area contributed by atoms with Crippen LogP contribution in [0.25, 0.3) is 33.2 Å². The highest BCUT2D eigenvalue weighted by Gasteiger charge is 2.19. The summed E-state index contributed by atoms with van der Waals surface area (Å²) in [5.41, 5.74) is 12.1. The summed E-state index contributed by atoms with van der Waals surface area (Å²) < 4.78 is 0. The molecule has 0 atom stereocenters. The van der Waals surface area contributed by atoms with Crippen LogP contribution < -0.4 is 5.73 Å². The predicted octanol–water partition coefficient (Wildman–Crippen LogP) is 5.68. The van der Waals surface area contributed by atoms with E-state index in [1.165, 1.54) is 0 Å². The predicted molar refractivity (Wildman–Crippen MR) is 128 cm³/mol. The number of halogens is 1. The minimum atomic E-state index is -0.515. The number of nitrogens with two attached hydrogens (primary N) is 1. The number of Topliss-reactive ketones (excluding diaryl/α,β-unsaturated/α-hetero) is 1. The average Bonchev–Trinajstić information content (AvgIpc) is 2.77. The second-order valence-corrected chi connectivity index (χ2v) is 8.16. The van der Waals surface area contributed by atoms with Crippen LogP contribution in [-0.2, 0) is 4.79 Å². The summed E-state index contributed by atoms with van der Waals surface area (Å²) in [6.07, 6.45) is 3.54. The van der Waals surface area contributed by atoms with Crippen LogP contribution >= 0.6 is 11.6 Å². The van der Waals surface area contributed by atoms with Crippen molar-refractivity contribution in [2.75, 3.05) is 0 Å². The molecule has 0 bridgehead atoms. The highest BCUT2D eigenvalue weighted by molar-refractivity contribution is 6.33. The zero-order chi connectivity index (χ0) is 22.8. The maximum atomic E-state index is 12.8. The average molecular weight is 444 g/mol. The van der Waals surface area contributed by atoms with Gasteiger partial charge >= 0.3 is 0 Å². The first-order chi connectivity index (χ1) is 15.4. The molecule has 0 spiro atoms. The molecule has 0 unspecified atom stereocenters. The Morgan fingerprint density at radius 1 is 0.969 bits per heavy atom. The second-order valence-electron chi connectivity index (χ2n) is 7.75. The zero-order valence-corrected chi connectivity index (χ0v) is 18.6. The molecular formula is C26H22ClN3O2. The minimum absolute atomic E-state index is 0.0149. The van der Waals surface area contributed by atoms with Crippen LogP contribution in [0.3, 0.4) is 0 Å². The van der Waals surface area contributed by atoms with Gasteiger partial charge in [-0.05, 0) is 72.0 Å². The molecule has 0 fully saturated rings. The molecule has 2 N–H and O–H groups in total. The van der Waals surface area contributed by atoms with Gasteiger partial charge < -0.3 is 5.73 Å². The summed E-state index contributed by atoms with van der Waals surface area (Å²) >= 11 is 6.56. The fraction of sp³-hybridized carbons (Fsp3) is 0.154. The topological polar surface area (TPSA) is 85.9 Å². The van der Waals surface area contributed by atoms with Crippen molar-refractivity contribution in [1.82, 2.24) is 9.97 Å². The SMILES string of the molecule is Cc1cc2nc(C(=O)CCC(N)=O)cc(-c3ccccc3Cl)c2c(C)c1-c1ccncc1. The highest BCUT2D eigenvalue weighted by atomic mass is 35.5. The number of primary amides is 1. The number of fused-ring (bicyclic) bond motifs is 1. The Morgan fingerprint density at radius 3 is 2.38 bits per heavy atom. The van der Waals surface area contributed by atoms with Crippen molar-refractivity contribution in [2.45, 2.75) is 26.7 Å². The molecule has 2 heterocycles. The van der Waals surface area contributed by atoms with Crippen molar-refractivity contribution in [3.8, 4) is 22.3 Å². The summed E-state index contributed by atoms with van der Waals surface area (Å²) in [4.78, 5) is 32.8. The van der Waals surface area contributed by atoms with E-state index in [0.29, 0.717) is 16.2 Å². The van der Waals surface area contributed by atoms with Crippen molar-refractivity contribution >= 4 is 34.2 Å². The fourth-order valence-electron chi connectivity index (χ4n) is 4.12. The molecule has 2 aromatic heterocycles. The van der Waals surface area contributed by atoms with Gasteiger partial charge in [0, 0.05) is 41.2 Å². The quantitative estimate of drug-likeness (QED) is 0.388. The third-order valence-electron chi connectivity index (χ3n) is 5.56. The number of ketones is 1. The van der Waals surface area contributed by atoms with Crippen LogP contribution in [0.15, 0.2) is 60.9 Å². The number of pyridine rings is 2. The molecule has 0 radical (unpaired) electrons. The van der Waals surface area contributed by atoms with Gasteiger partial charge in [-0.25, -0.2) is 4.98 Å². The summed E-state index contributed by atoms with van der Waals surface area (Å²) in [6, 6.07) is 15.2. The lowest BCUT2D eigenvalue weighted by atomic mass is 9.89. The van der Waals surface area contributed by atoms with Crippen molar-refractivity contribution in [3.63, 3.8) is 0 Å². The number of hydrogen-bond acceptors (Lipinski definition) is 4. The van der Waals surface area contributed by atoms with Gasteiger partial charge in [0.05, 0.1) is 5.52 Å². The molecule has 0 saturated carbocycles. The first-order valence-electron chi connectivity index (χ1n) is 10.3. The summed E-state index contributed by atoms with van der Waals surface area (Å²) in [7, 11) is 0. The van der Waals surface area contributed by atoms with Gasteiger partial charge in [-0.3, -0.25) is 14.6 Å². The lowest BCUT2D eigenvalue weighted by Crippen LogP contribution is -2.13. The number of aryl methyl sites for hydroxylation is 2. The number of aromatic nitrogens is 2. The summed E-state index contributed by atoms with van der Waals surface area (Å²) in [5.74, 6) is -0.744. The summed E-state index contributed by atoms with van der Waals surface area (Å²) in [5, 5.41) is 1.52. The van der Waals surface area contributed by atoms with E-state index >= 15 is 0 Å². The molecule has 0 aliphatic carbocycles. The standard InChI is InChI=1S/C26H22ClN3O2/c1-15-13-22-26(16(2)25(15)17-9-11-29-12-10-17)19(18-5-3-4-6-20(18)27)14-21(30-22)23(31)7-8-24(28)32/h3-6,9-14H,7-8H2,1-2H3,(H2,28,32). The number of carbonyl (C=O) groups excluding carboxylic acids is 2. The lowest BCUT2D eigenvalue weighted by molar-refractivity contribution is -0.118. The third-order valence-corrected chi connectivity index (χ3v) is 5.89. The number of benzene rings is 2. The zero-order valence-electron chi connectivity index (χ0n) is 17.9. The maximum absolute atomic E-state index is 12.8. The lowest BCUT2D eigenvalue weighted by Gasteiger charge is -2.18. The van der Waals surface area contributed by atoms with Gasteiger partial charge in [-0.2, -0.15) is 0 Å². The minimum Gasteiger partial charge on any atom is -0.370 e. The maximum Gasteiger partial charge on any atom is 0.217 e. The Hall–Kier alpha value is -3.57. The van der Waals surface area contributed by atoms with Crippen LogP contribution in [0.2, 0.25) is 5.02 Å². The Kier molecular flexibility index (Phi) is 6.01. The Labute approximate surface area is 191 Å². The molecule has 0 aliphatic heterocycles. The van der Waals surface area contributed by atoms with Crippen LogP contribution in [0.1, 0.15) is 34.5 Å². The van der Waals surface area contributed by atoms with Crippen molar-refractivity contribution < 1.29 is 9.59 Å². The number of amides is 1. The molecule has 160 valence electrons. The Morgan fingerprint density at radius 2 is 1.69 bits per heavy atom. The Balaban J connectivity index is 2.02. The van der Waals surface area contributed by atoms with E-state index in [0.717, 1.165) is 38.8 Å². The van der Waals surface area contributed by atoms with Gasteiger partial charge in [-0.1, -0.05) is 29.8 Å². The van der Waals surface area contributed by atoms with E-state index in [1.54, 1.807) is 18.5 Å². The number of nitrogens with zero attached hydrogens (tertiary/aromatic N) is 2. The molecule has 5 nitrogen and oxygen atoms in total. The molecule has 32 heavy (non-hydrogen) atoms. The molecule has 1 amide bonds. The van der Waals surface area contributed by atoms with Crippen LogP contribution in [0.5, 0.6) is 0 Å². The molecule has 4 rings (SSSR count). The number of hydrogen-bond donors (Lipinski definition) is 1. The smallest absolute Gasteiger partial charge is 0.217 e. The molecule has 6 heteroatoms. The second kappa shape index (κ2) is 8.89. The Bertz CT molecular complexity index is 1350. The normalized spacial score (nSPS) is 11.0. The van der Waals surface area contributed by atoms with Crippen molar-refractivity contribution in [2.24, 2.45) is 5.73 Å². The monoisotopic (exact) mass is 443 g/mol. The molecule has 4 aromatic rings. The van der Waals surface area contributed by atoms with Gasteiger partial charge in [0.25, 0.3) is 0 Å². The van der Waals surface area contributed by atoms with E-state index in [1.807, 2.05) is 49.4 Å². The van der Waals surface area contributed by atoms with E-state index in [-0.39, 0.29) is 18.6 Å². The van der Waals surface area contributed by atoms with E-state index in [4.69, 9.17) is 17.3 Å². The molecule has 0 aliphatic rings.